The Hall–Kier alpha value is -3.71. The highest BCUT2D eigenvalue weighted by Gasteiger charge is 2.27. The van der Waals surface area contributed by atoms with Gasteiger partial charge in [0.05, 0.1) is 19.9 Å². The number of hydrogen-bond acceptors (Lipinski definition) is 5. The summed E-state index contributed by atoms with van der Waals surface area (Å²) in [4.78, 5) is 30.4. The van der Waals surface area contributed by atoms with Crippen LogP contribution in [0.1, 0.15) is 33.6 Å². The van der Waals surface area contributed by atoms with E-state index in [1.165, 1.54) is 12.1 Å². The summed E-state index contributed by atoms with van der Waals surface area (Å²) in [5.74, 6) is 0.754. The SMILES string of the molecule is COc1cccc(C(=O)N(CCN2CCC(C(=O)c3ccc(F)cc3)CC2)c2ccccc2OC)c1. The van der Waals surface area contributed by atoms with Crippen LogP contribution in [0, 0.1) is 11.7 Å². The summed E-state index contributed by atoms with van der Waals surface area (Å²) < 4.78 is 24.1. The van der Waals surface area contributed by atoms with Crippen LogP contribution >= 0.6 is 0 Å². The van der Waals surface area contributed by atoms with Crippen molar-refractivity contribution in [3.8, 4) is 11.5 Å². The molecule has 36 heavy (non-hydrogen) atoms. The molecule has 1 heterocycles. The molecule has 1 amide bonds. The summed E-state index contributed by atoms with van der Waals surface area (Å²) in [6.45, 7) is 2.63. The van der Waals surface area contributed by atoms with Crippen molar-refractivity contribution >= 4 is 17.4 Å². The third-order valence-electron chi connectivity index (χ3n) is 6.66. The molecule has 188 valence electrons. The molecule has 3 aromatic rings. The van der Waals surface area contributed by atoms with E-state index in [9.17, 15) is 14.0 Å². The molecule has 1 aliphatic rings. The smallest absolute Gasteiger partial charge is 0.258 e. The maximum Gasteiger partial charge on any atom is 0.258 e. The topological polar surface area (TPSA) is 59.1 Å². The van der Waals surface area contributed by atoms with Gasteiger partial charge >= 0.3 is 0 Å². The van der Waals surface area contributed by atoms with Crippen LogP contribution < -0.4 is 14.4 Å². The monoisotopic (exact) mass is 490 g/mol. The largest absolute Gasteiger partial charge is 0.497 e. The predicted molar refractivity (Wildman–Crippen MR) is 138 cm³/mol. The minimum absolute atomic E-state index is 0.0681. The van der Waals surface area contributed by atoms with Crippen LogP contribution in [0.2, 0.25) is 0 Å². The highest BCUT2D eigenvalue weighted by atomic mass is 19.1. The molecule has 0 radical (unpaired) electrons. The lowest BCUT2D eigenvalue weighted by Crippen LogP contribution is -2.43. The van der Waals surface area contributed by atoms with Crippen molar-refractivity contribution in [1.29, 1.82) is 0 Å². The van der Waals surface area contributed by atoms with Crippen LogP contribution in [0.25, 0.3) is 0 Å². The lowest BCUT2D eigenvalue weighted by Gasteiger charge is -2.33. The average molecular weight is 491 g/mol. The zero-order valence-corrected chi connectivity index (χ0v) is 20.7. The first-order valence-electron chi connectivity index (χ1n) is 12.1. The van der Waals surface area contributed by atoms with Crippen LogP contribution in [0.3, 0.4) is 0 Å². The van der Waals surface area contributed by atoms with Gasteiger partial charge in [0, 0.05) is 30.1 Å². The van der Waals surface area contributed by atoms with Crippen molar-refractivity contribution in [3.05, 3.63) is 89.7 Å². The molecule has 1 saturated heterocycles. The molecule has 0 bridgehead atoms. The second-order valence-corrected chi connectivity index (χ2v) is 8.85. The zero-order chi connectivity index (χ0) is 25.5. The number of amides is 1. The van der Waals surface area contributed by atoms with Crippen LogP contribution in [0.5, 0.6) is 11.5 Å². The molecular formula is C29H31FN2O4. The fraction of sp³-hybridized carbons (Fsp3) is 0.310. The molecule has 7 heteroatoms. The van der Waals surface area contributed by atoms with E-state index in [1.54, 1.807) is 49.5 Å². The second kappa shape index (κ2) is 11.8. The number of ketones is 1. The van der Waals surface area contributed by atoms with Gasteiger partial charge in [0.25, 0.3) is 5.91 Å². The standard InChI is InChI=1S/C29H31FN2O4/c1-35-25-7-5-6-23(20-25)29(34)32(26-8-3-4-9-27(26)36-2)19-18-31-16-14-22(15-17-31)28(33)21-10-12-24(30)13-11-21/h3-13,20,22H,14-19H2,1-2H3. The highest BCUT2D eigenvalue weighted by Crippen LogP contribution is 2.30. The number of benzene rings is 3. The van der Waals surface area contributed by atoms with E-state index in [0.29, 0.717) is 41.4 Å². The van der Waals surface area contributed by atoms with Crippen molar-refractivity contribution in [2.45, 2.75) is 12.8 Å². The maximum atomic E-state index is 13.6. The van der Waals surface area contributed by atoms with Crippen molar-refractivity contribution in [3.63, 3.8) is 0 Å². The number of rotatable bonds is 9. The van der Waals surface area contributed by atoms with Gasteiger partial charge in [0.2, 0.25) is 0 Å². The van der Waals surface area contributed by atoms with Gasteiger partial charge in [-0.3, -0.25) is 9.59 Å². The minimum atomic E-state index is -0.343. The van der Waals surface area contributed by atoms with Crippen molar-refractivity contribution in [2.75, 3.05) is 45.3 Å². The first-order valence-corrected chi connectivity index (χ1v) is 12.1. The van der Waals surface area contributed by atoms with Crippen molar-refractivity contribution in [1.82, 2.24) is 4.90 Å². The lowest BCUT2D eigenvalue weighted by molar-refractivity contribution is 0.0841. The molecule has 1 aliphatic heterocycles. The number of nitrogens with zero attached hydrogens (tertiary/aromatic N) is 2. The number of hydrogen-bond donors (Lipinski definition) is 0. The van der Waals surface area contributed by atoms with Gasteiger partial charge in [-0.05, 0) is 80.5 Å². The summed E-state index contributed by atoms with van der Waals surface area (Å²) in [6.07, 6.45) is 1.46. The quantitative estimate of drug-likeness (QED) is 0.392. The van der Waals surface area contributed by atoms with Gasteiger partial charge in [0.15, 0.2) is 5.78 Å². The van der Waals surface area contributed by atoms with E-state index in [0.717, 1.165) is 25.9 Å². The van der Waals surface area contributed by atoms with E-state index in [2.05, 4.69) is 4.90 Å². The summed E-state index contributed by atoms with van der Waals surface area (Å²) in [5.41, 5.74) is 1.79. The molecule has 0 N–H and O–H groups in total. The first kappa shape index (κ1) is 25.4. The molecule has 0 aromatic heterocycles. The number of para-hydroxylation sites is 2. The minimum Gasteiger partial charge on any atom is -0.497 e. The van der Waals surface area contributed by atoms with Gasteiger partial charge in [-0.1, -0.05) is 18.2 Å². The molecule has 4 rings (SSSR count). The normalized spacial score (nSPS) is 14.3. The number of methoxy groups -OCH3 is 2. The van der Waals surface area contributed by atoms with E-state index >= 15 is 0 Å². The summed E-state index contributed by atoms with van der Waals surface area (Å²) in [7, 11) is 3.17. The highest BCUT2D eigenvalue weighted by molar-refractivity contribution is 6.07. The van der Waals surface area contributed by atoms with Crippen LogP contribution in [0.4, 0.5) is 10.1 Å². The first-order chi connectivity index (χ1) is 17.5. The fourth-order valence-corrected chi connectivity index (χ4v) is 4.61. The van der Waals surface area contributed by atoms with Crippen molar-refractivity contribution in [2.24, 2.45) is 5.92 Å². The number of ether oxygens (including phenoxy) is 2. The summed E-state index contributed by atoms with van der Waals surface area (Å²) in [6, 6.07) is 20.4. The Morgan fingerprint density at radius 1 is 0.917 bits per heavy atom. The molecule has 0 atom stereocenters. The van der Waals surface area contributed by atoms with Gasteiger partial charge < -0.3 is 19.3 Å². The Morgan fingerprint density at radius 2 is 1.64 bits per heavy atom. The Bertz CT molecular complexity index is 1190. The number of carbonyl (C=O) groups excluding carboxylic acids is 2. The zero-order valence-electron chi connectivity index (χ0n) is 20.7. The van der Waals surface area contributed by atoms with Crippen LogP contribution in [-0.4, -0.2) is 57.0 Å². The van der Waals surface area contributed by atoms with Crippen molar-refractivity contribution < 1.29 is 23.5 Å². The maximum absolute atomic E-state index is 13.6. The Balaban J connectivity index is 1.44. The van der Waals surface area contributed by atoms with Gasteiger partial charge in [-0.25, -0.2) is 4.39 Å². The van der Waals surface area contributed by atoms with Gasteiger partial charge in [-0.2, -0.15) is 0 Å². The molecule has 0 spiro atoms. The second-order valence-electron chi connectivity index (χ2n) is 8.85. The van der Waals surface area contributed by atoms with Gasteiger partial charge in [0.1, 0.15) is 17.3 Å². The third-order valence-corrected chi connectivity index (χ3v) is 6.66. The Labute approximate surface area is 211 Å². The Morgan fingerprint density at radius 3 is 2.33 bits per heavy atom. The molecule has 0 aliphatic carbocycles. The van der Waals surface area contributed by atoms with E-state index in [4.69, 9.17) is 9.47 Å². The molecule has 3 aromatic carbocycles. The van der Waals surface area contributed by atoms with Crippen LogP contribution in [-0.2, 0) is 0 Å². The fourth-order valence-electron chi connectivity index (χ4n) is 4.61. The molecule has 0 unspecified atom stereocenters. The van der Waals surface area contributed by atoms with E-state index in [1.807, 2.05) is 30.3 Å². The number of Topliss-reactive ketones (excluding diaryl/α,β-unsaturated/α-hetero) is 1. The van der Waals surface area contributed by atoms with Gasteiger partial charge in [-0.15, -0.1) is 0 Å². The number of halogens is 1. The molecule has 0 saturated carbocycles. The molecular weight excluding hydrogens is 459 g/mol. The van der Waals surface area contributed by atoms with E-state index in [-0.39, 0.29) is 23.4 Å². The molecule has 1 fully saturated rings. The summed E-state index contributed by atoms with van der Waals surface area (Å²) >= 11 is 0. The third kappa shape index (κ3) is 5.91. The molecule has 6 nitrogen and oxygen atoms in total. The predicted octanol–water partition coefficient (Wildman–Crippen LogP) is 5.08. The number of carbonyl (C=O) groups is 2. The number of piperidine rings is 1. The average Bonchev–Trinajstić information content (AvgIpc) is 2.93. The number of likely N-dealkylation sites (tertiary alicyclic amines) is 1. The summed E-state index contributed by atoms with van der Waals surface area (Å²) in [5, 5.41) is 0. The number of anilines is 1. The Kier molecular flexibility index (Phi) is 8.33. The lowest BCUT2D eigenvalue weighted by atomic mass is 9.89. The van der Waals surface area contributed by atoms with Crippen LogP contribution in [0.15, 0.2) is 72.8 Å². The van der Waals surface area contributed by atoms with E-state index < -0.39 is 0 Å².